The van der Waals surface area contributed by atoms with Gasteiger partial charge in [-0.15, -0.1) is 0 Å². The first-order valence-corrected chi connectivity index (χ1v) is 10.5. The highest BCUT2D eigenvalue weighted by Gasteiger charge is 2.28. The van der Waals surface area contributed by atoms with Crippen molar-refractivity contribution in [1.29, 1.82) is 0 Å². The summed E-state index contributed by atoms with van der Waals surface area (Å²) in [6, 6.07) is 3.22. The summed E-state index contributed by atoms with van der Waals surface area (Å²) in [6.07, 6.45) is 4.31. The van der Waals surface area contributed by atoms with Gasteiger partial charge in [0.1, 0.15) is 5.75 Å². The summed E-state index contributed by atoms with van der Waals surface area (Å²) in [5.74, 6) is 0.408. The van der Waals surface area contributed by atoms with Crippen molar-refractivity contribution in [2.75, 3.05) is 39.6 Å². The molecule has 1 aliphatic rings. The van der Waals surface area contributed by atoms with E-state index in [4.69, 9.17) is 22.1 Å². The van der Waals surface area contributed by atoms with Crippen molar-refractivity contribution in [3.05, 3.63) is 22.7 Å². The molecule has 0 saturated carbocycles. The Balaban J connectivity index is 1.81. The van der Waals surface area contributed by atoms with Crippen LogP contribution in [0.2, 0.25) is 5.02 Å². The Labute approximate surface area is 177 Å². The number of nitrogens with two attached hydrogens (primary N) is 1. The Kier molecular flexibility index (Phi) is 9.04. The van der Waals surface area contributed by atoms with Crippen LogP contribution in [0.1, 0.15) is 49.4 Å². The fourth-order valence-electron chi connectivity index (χ4n) is 3.69. The molecule has 1 aromatic carbocycles. The van der Waals surface area contributed by atoms with Crippen molar-refractivity contribution in [3.8, 4) is 5.75 Å². The van der Waals surface area contributed by atoms with Crippen LogP contribution >= 0.6 is 11.6 Å². The number of piperidine rings is 1. The second-order valence-electron chi connectivity index (χ2n) is 7.61. The first kappa shape index (κ1) is 23.3. The summed E-state index contributed by atoms with van der Waals surface area (Å²) in [7, 11) is 2.93. The quantitative estimate of drug-likeness (QED) is 0.358. The predicted molar refractivity (Wildman–Crippen MR) is 114 cm³/mol. The van der Waals surface area contributed by atoms with Crippen molar-refractivity contribution in [3.63, 3.8) is 0 Å². The number of methoxy groups -OCH3 is 2. The highest BCUT2D eigenvalue weighted by molar-refractivity contribution is 6.33. The molecule has 0 aliphatic carbocycles. The molecule has 0 unspecified atom stereocenters. The third-order valence-corrected chi connectivity index (χ3v) is 5.78. The smallest absolute Gasteiger partial charge is 0.305 e. The van der Waals surface area contributed by atoms with Gasteiger partial charge in [0.25, 0.3) is 5.91 Å². The molecule has 29 heavy (non-hydrogen) atoms. The normalized spacial score (nSPS) is 19.6. The Hall–Kier alpha value is -1.99. The molecule has 1 amide bonds. The van der Waals surface area contributed by atoms with Crippen LogP contribution in [0, 0.1) is 5.92 Å². The molecule has 1 aromatic rings. The monoisotopic (exact) mass is 425 g/mol. The van der Waals surface area contributed by atoms with Gasteiger partial charge in [0.15, 0.2) is 0 Å². The number of amides is 1. The largest absolute Gasteiger partial charge is 0.496 e. The number of carbonyl (C=O) groups is 2. The predicted octanol–water partition coefficient (Wildman–Crippen LogP) is 3.10. The zero-order chi connectivity index (χ0) is 21.4. The maximum Gasteiger partial charge on any atom is 0.305 e. The van der Waals surface area contributed by atoms with Crippen molar-refractivity contribution >= 4 is 29.2 Å². The van der Waals surface area contributed by atoms with Crippen LogP contribution < -0.4 is 15.8 Å². The number of nitrogens with one attached hydrogen (secondary N) is 1. The lowest BCUT2D eigenvalue weighted by Crippen LogP contribution is -2.50. The maximum atomic E-state index is 12.8. The molecule has 0 aromatic heterocycles. The zero-order valence-corrected chi connectivity index (χ0v) is 18.3. The minimum atomic E-state index is -0.197. The summed E-state index contributed by atoms with van der Waals surface area (Å²) in [5, 5.41) is 3.46. The van der Waals surface area contributed by atoms with Crippen LogP contribution in [-0.4, -0.2) is 56.7 Å². The molecule has 8 heteroatoms. The lowest BCUT2D eigenvalue weighted by Gasteiger charge is -2.37. The van der Waals surface area contributed by atoms with Crippen LogP contribution in [0.25, 0.3) is 0 Å². The Morgan fingerprint density at radius 1 is 1.28 bits per heavy atom. The van der Waals surface area contributed by atoms with E-state index in [1.54, 1.807) is 12.1 Å². The van der Waals surface area contributed by atoms with E-state index in [2.05, 4.69) is 21.9 Å². The van der Waals surface area contributed by atoms with Gasteiger partial charge in [0, 0.05) is 31.6 Å². The van der Waals surface area contributed by atoms with Crippen LogP contribution in [0.15, 0.2) is 12.1 Å². The fraction of sp³-hybridized carbons (Fsp3) is 0.619. The van der Waals surface area contributed by atoms with Crippen molar-refractivity contribution < 1.29 is 19.1 Å². The van der Waals surface area contributed by atoms with E-state index in [9.17, 15) is 9.59 Å². The Morgan fingerprint density at radius 3 is 2.69 bits per heavy atom. The number of benzene rings is 1. The number of hydrogen-bond donors (Lipinski definition) is 2. The van der Waals surface area contributed by atoms with Crippen molar-refractivity contribution in [2.24, 2.45) is 5.92 Å². The molecule has 0 radical (unpaired) electrons. The van der Waals surface area contributed by atoms with Crippen LogP contribution in [-0.2, 0) is 9.53 Å². The minimum absolute atomic E-state index is 0.0964. The SMILES string of the molecule is COC(=O)CCCCCN1CC[C@H](NC(=O)c2cc(Cl)c(N)cc2OC)[C@H](C)C1. The van der Waals surface area contributed by atoms with Gasteiger partial charge >= 0.3 is 5.97 Å². The maximum absolute atomic E-state index is 12.8. The highest BCUT2D eigenvalue weighted by atomic mass is 35.5. The topological polar surface area (TPSA) is 93.9 Å². The lowest BCUT2D eigenvalue weighted by molar-refractivity contribution is -0.140. The lowest BCUT2D eigenvalue weighted by atomic mass is 9.93. The number of unbranched alkanes of at least 4 members (excludes halogenated alkanes) is 2. The first-order chi connectivity index (χ1) is 13.8. The van der Waals surface area contributed by atoms with E-state index in [1.165, 1.54) is 14.2 Å². The van der Waals surface area contributed by atoms with Crippen molar-refractivity contribution in [1.82, 2.24) is 10.2 Å². The highest BCUT2D eigenvalue weighted by Crippen LogP contribution is 2.29. The number of carbonyl (C=O) groups excluding carboxylic acids is 2. The molecule has 3 N–H and O–H groups in total. The minimum Gasteiger partial charge on any atom is -0.496 e. The number of nitrogens with zero attached hydrogens (tertiary/aromatic N) is 1. The number of ether oxygens (including phenoxy) is 2. The number of hydrogen-bond acceptors (Lipinski definition) is 6. The van der Waals surface area contributed by atoms with Gasteiger partial charge in [0.2, 0.25) is 0 Å². The Morgan fingerprint density at radius 2 is 2.03 bits per heavy atom. The van der Waals surface area contributed by atoms with E-state index in [1.807, 2.05) is 0 Å². The van der Waals surface area contributed by atoms with E-state index in [-0.39, 0.29) is 17.9 Å². The molecular weight excluding hydrogens is 394 g/mol. The second kappa shape index (κ2) is 11.3. The van der Waals surface area contributed by atoms with E-state index < -0.39 is 0 Å². The second-order valence-corrected chi connectivity index (χ2v) is 8.01. The van der Waals surface area contributed by atoms with Gasteiger partial charge in [-0.2, -0.15) is 0 Å². The summed E-state index contributed by atoms with van der Waals surface area (Å²) in [6.45, 7) is 5.03. The first-order valence-electron chi connectivity index (χ1n) is 10.1. The Bertz CT molecular complexity index is 713. The van der Waals surface area contributed by atoms with Gasteiger partial charge in [0.05, 0.1) is 30.5 Å². The molecule has 2 atom stereocenters. The molecule has 0 spiro atoms. The number of esters is 1. The molecule has 7 nitrogen and oxygen atoms in total. The molecule has 2 rings (SSSR count). The molecule has 1 heterocycles. The molecular formula is C21H32ClN3O4. The average Bonchev–Trinajstić information content (AvgIpc) is 2.70. The van der Waals surface area contributed by atoms with Crippen molar-refractivity contribution in [2.45, 2.75) is 45.1 Å². The van der Waals surface area contributed by atoms with Gasteiger partial charge in [-0.25, -0.2) is 0 Å². The third kappa shape index (κ3) is 6.78. The van der Waals surface area contributed by atoms with Crippen LogP contribution in [0.4, 0.5) is 5.69 Å². The number of anilines is 1. The van der Waals surface area contributed by atoms with E-state index in [0.29, 0.717) is 34.4 Å². The number of rotatable bonds is 9. The summed E-state index contributed by atoms with van der Waals surface area (Å²) < 4.78 is 9.94. The average molecular weight is 426 g/mol. The summed E-state index contributed by atoms with van der Waals surface area (Å²) in [5.41, 5.74) is 6.57. The molecule has 1 aliphatic heterocycles. The molecule has 1 saturated heterocycles. The van der Waals surface area contributed by atoms with Gasteiger partial charge in [-0.05, 0) is 37.8 Å². The van der Waals surface area contributed by atoms with Gasteiger partial charge in [-0.3, -0.25) is 9.59 Å². The summed E-state index contributed by atoms with van der Waals surface area (Å²) in [4.78, 5) is 26.3. The molecule has 1 fully saturated rings. The number of halogens is 1. The van der Waals surface area contributed by atoms with E-state index in [0.717, 1.165) is 45.3 Å². The number of likely N-dealkylation sites (tertiary alicyclic amines) is 1. The molecule has 162 valence electrons. The van der Waals surface area contributed by atoms with Crippen LogP contribution in [0.3, 0.4) is 0 Å². The number of nitrogen functional groups attached to an aromatic ring is 1. The van der Waals surface area contributed by atoms with Gasteiger partial charge < -0.3 is 25.4 Å². The standard InChI is InChI=1S/C21H32ClN3O4/c1-14-13-25(9-6-4-5-7-20(26)29-3)10-8-18(14)24-21(27)15-11-16(22)17(23)12-19(15)28-2/h11-12,14,18H,4-10,13,23H2,1-3H3,(H,24,27)/t14-,18+/m1/s1. The van der Waals surface area contributed by atoms with Crippen LogP contribution in [0.5, 0.6) is 5.75 Å². The fourth-order valence-corrected chi connectivity index (χ4v) is 3.86. The summed E-state index contributed by atoms with van der Waals surface area (Å²) >= 11 is 6.08. The zero-order valence-electron chi connectivity index (χ0n) is 17.5. The molecule has 0 bridgehead atoms. The van der Waals surface area contributed by atoms with E-state index >= 15 is 0 Å². The van der Waals surface area contributed by atoms with Gasteiger partial charge in [-0.1, -0.05) is 24.9 Å². The third-order valence-electron chi connectivity index (χ3n) is 5.45.